The standard InChI is InChI=1S/C42H68O5Si/c1-39(2,3)46-37(44)18-13-25-45-33-17-12-15-29(26-33)14-11-16-30-27-31-28-32(43)21-23-41(31,7)35-22-24-42(8)34(38(30)35)19-20-36(42)47-48(9,10)40(4,5)6/h12,15,17,26,30-31,34-36,38H,11,13-14,16,18-25,27-28H2,1-10H3/t30?,31?,34-,35+,36?,38-,41-,42-/m0/s1. The number of carbonyl (C=O) groups excluding carboxylic acids is 2. The molecule has 4 aliphatic carbocycles. The van der Waals surface area contributed by atoms with Gasteiger partial charge in [0.05, 0.1) is 12.7 Å². The van der Waals surface area contributed by atoms with Gasteiger partial charge in [0.2, 0.25) is 0 Å². The Kier molecular flexibility index (Phi) is 11.1. The second-order valence-corrected chi connectivity index (χ2v) is 24.1. The molecule has 48 heavy (non-hydrogen) atoms. The van der Waals surface area contributed by atoms with E-state index in [0.29, 0.717) is 48.6 Å². The summed E-state index contributed by atoms with van der Waals surface area (Å²) >= 11 is 0. The first-order valence-electron chi connectivity index (χ1n) is 19.5. The van der Waals surface area contributed by atoms with E-state index in [2.05, 4.69) is 65.9 Å². The highest BCUT2D eigenvalue weighted by Gasteiger charge is 2.63. The molecular weight excluding hydrogens is 613 g/mol. The molecule has 1 aromatic carbocycles. The summed E-state index contributed by atoms with van der Waals surface area (Å²) in [5.41, 5.74) is 1.44. The van der Waals surface area contributed by atoms with Crippen molar-refractivity contribution >= 4 is 20.1 Å². The van der Waals surface area contributed by atoms with Gasteiger partial charge in [0, 0.05) is 19.3 Å². The maximum Gasteiger partial charge on any atom is 0.306 e. The molecule has 1 aromatic rings. The number of hydrogen-bond donors (Lipinski definition) is 0. The van der Waals surface area contributed by atoms with Gasteiger partial charge in [-0.2, -0.15) is 0 Å². The molecule has 0 heterocycles. The van der Waals surface area contributed by atoms with Crippen LogP contribution in [0.25, 0.3) is 0 Å². The fourth-order valence-corrected chi connectivity index (χ4v) is 11.8. The van der Waals surface area contributed by atoms with Crippen LogP contribution in [-0.2, 0) is 25.2 Å². The summed E-state index contributed by atoms with van der Waals surface area (Å²) in [5.74, 6) is 4.65. The largest absolute Gasteiger partial charge is 0.494 e. The SMILES string of the molecule is CC(C)(C)OC(=O)CCCOc1cccc(CCCC2CC3CC(=O)CC[C@]3(C)[C@@H]3CC[C@]4(C)C(O[Si](C)(C)C(C)(C)C)CC[C@H]4[C@H]23)c1. The molecule has 4 saturated carbocycles. The van der Waals surface area contributed by atoms with Crippen molar-refractivity contribution in [2.45, 2.75) is 169 Å². The average Bonchev–Trinajstić information content (AvgIpc) is 3.30. The van der Waals surface area contributed by atoms with Crippen molar-refractivity contribution in [2.75, 3.05) is 6.61 Å². The maximum absolute atomic E-state index is 12.8. The number of ketones is 1. The number of hydrogen-bond acceptors (Lipinski definition) is 5. The van der Waals surface area contributed by atoms with Gasteiger partial charge < -0.3 is 13.9 Å². The second-order valence-electron chi connectivity index (χ2n) is 19.3. The highest BCUT2D eigenvalue weighted by Crippen LogP contribution is 2.68. The van der Waals surface area contributed by atoms with Crippen LogP contribution >= 0.6 is 0 Å². The number of Topliss-reactive ketones (excluding diaryl/α,β-unsaturated/α-hetero) is 1. The molecule has 0 N–H and O–H groups in total. The molecule has 0 radical (unpaired) electrons. The Bertz CT molecular complexity index is 1290. The van der Waals surface area contributed by atoms with Crippen LogP contribution in [-0.4, -0.2) is 38.4 Å². The van der Waals surface area contributed by atoms with Crippen LogP contribution in [0.4, 0.5) is 0 Å². The minimum atomic E-state index is -1.86. The quantitative estimate of drug-likeness (QED) is 0.132. The third-order valence-electron chi connectivity index (χ3n) is 14.0. The molecule has 0 saturated heterocycles. The zero-order chi connectivity index (χ0) is 35.1. The summed E-state index contributed by atoms with van der Waals surface area (Å²) in [6, 6.07) is 8.54. The molecule has 3 unspecified atom stereocenters. The van der Waals surface area contributed by atoms with Gasteiger partial charge in [-0.05, 0) is 161 Å². The average molecular weight is 681 g/mol. The zero-order valence-electron chi connectivity index (χ0n) is 32.2. The van der Waals surface area contributed by atoms with Gasteiger partial charge in [0.1, 0.15) is 17.1 Å². The van der Waals surface area contributed by atoms with Gasteiger partial charge in [0.25, 0.3) is 0 Å². The van der Waals surface area contributed by atoms with Crippen LogP contribution < -0.4 is 4.74 Å². The van der Waals surface area contributed by atoms with E-state index in [1.165, 1.54) is 50.5 Å². The van der Waals surface area contributed by atoms with E-state index in [1.807, 2.05) is 26.8 Å². The van der Waals surface area contributed by atoms with Gasteiger partial charge >= 0.3 is 5.97 Å². The first kappa shape index (κ1) is 37.6. The summed E-state index contributed by atoms with van der Waals surface area (Å²) in [6.45, 7) is 23.4. The Morgan fingerprint density at radius 1 is 0.958 bits per heavy atom. The summed E-state index contributed by atoms with van der Waals surface area (Å²) in [7, 11) is -1.86. The van der Waals surface area contributed by atoms with Crippen LogP contribution in [0.3, 0.4) is 0 Å². The first-order valence-corrected chi connectivity index (χ1v) is 22.4. The fraction of sp³-hybridized carbons (Fsp3) is 0.810. The lowest BCUT2D eigenvalue weighted by atomic mass is 9.42. The monoisotopic (exact) mass is 680 g/mol. The molecular formula is C42H68O5Si. The van der Waals surface area contributed by atoms with Crippen LogP contribution in [0.5, 0.6) is 5.75 Å². The third kappa shape index (κ3) is 8.11. The Morgan fingerprint density at radius 3 is 2.40 bits per heavy atom. The predicted octanol–water partition coefficient (Wildman–Crippen LogP) is 10.7. The Balaban J connectivity index is 1.25. The van der Waals surface area contributed by atoms with E-state index in [4.69, 9.17) is 13.9 Å². The minimum absolute atomic E-state index is 0.169. The van der Waals surface area contributed by atoms with Gasteiger partial charge in [-0.15, -0.1) is 0 Å². The van der Waals surface area contributed by atoms with Crippen LogP contribution in [0, 0.1) is 40.4 Å². The third-order valence-corrected chi connectivity index (χ3v) is 18.5. The summed E-state index contributed by atoms with van der Waals surface area (Å²) in [6.07, 6.45) is 13.9. The van der Waals surface area contributed by atoms with Crippen LogP contribution in [0.1, 0.15) is 138 Å². The predicted molar refractivity (Wildman–Crippen MR) is 198 cm³/mol. The molecule has 5 nitrogen and oxygen atoms in total. The Labute approximate surface area is 294 Å². The van der Waals surface area contributed by atoms with E-state index < -0.39 is 13.9 Å². The highest BCUT2D eigenvalue weighted by atomic mass is 28.4. The van der Waals surface area contributed by atoms with Crippen molar-refractivity contribution in [3.05, 3.63) is 29.8 Å². The molecule has 0 aliphatic heterocycles. The smallest absolute Gasteiger partial charge is 0.306 e. The van der Waals surface area contributed by atoms with Gasteiger partial charge in [0.15, 0.2) is 8.32 Å². The number of rotatable bonds is 11. The van der Waals surface area contributed by atoms with E-state index in [-0.39, 0.29) is 16.4 Å². The number of esters is 1. The Morgan fingerprint density at radius 2 is 1.69 bits per heavy atom. The number of ether oxygens (including phenoxy) is 2. The van der Waals surface area contributed by atoms with Crippen molar-refractivity contribution in [3.63, 3.8) is 0 Å². The van der Waals surface area contributed by atoms with Gasteiger partial charge in [-0.25, -0.2) is 0 Å². The van der Waals surface area contributed by atoms with E-state index in [0.717, 1.165) is 49.2 Å². The summed E-state index contributed by atoms with van der Waals surface area (Å²) < 4.78 is 18.7. The maximum atomic E-state index is 12.8. The molecule has 4 aliphatic rings. The topological polar surface area (TPSA) is 61.8 Å². The van der Waals surface area contributed by atoms with Crippen molar-refractivity contribution in [2.24, 2.45) is 40.4 Å². The number of fused-ring (bicyclic) bond motifs is 5. The van der Waals surface area contributed by atoms with Gasteiger partial charge in [-0.3, -0.25) is 9.59 Å². The highest BCUT2D eigenvalue weighted by molar-refractivity contribution is 6.74. The normalized spacial score (nSPS) is 33.8. The lowest BCUT2D eigenvalue weighted by Gasteiger charge is -2.63. The van der Waals surface area contributed by atoms with Crippen LogP contribution in [0.2, 0.25) is 18.1 Å². The van der Waals surface area contributed by atoms with Crippen molar-refractivity contribution < 1.29 is 23.5 Å². The summed E-state index contributed by atoms with van der Waals surface area (Å²) in [5, 5.41) is 0.226. The molecule has 6 heteroatoms. The van der Waals surface area contributed by atoms with Crippen molar-refractivity contribution in [1.29, 1.82) is 0 Å². The lowest BCUT2D eigenvalue weighted by molar-refractivity contribution is -0.155. The molecule has 0 spiro atoms. The van der Waals surface area contributed by atoms with Crippen molar-refractivity contribution in [3.8, 4) is 5.75 Å². The fourth-order valence-electron chi connectivity index (χ4n) is 10.4. The van der Waals surface area contributed by atoms with Gasteiger partial charge in [-0.1, -0.05) is 46.8 Å². The molecule has 5 rings (SSSR count). The van der Waals surface area contributed by atoms with E-state index in [1.54, 1.807) is 0 Å². The molecule has 0 amide bonds. The first-order chi connectivity index (χ1) is 22.3. The summed E-state index contributed by atoms with van der Waals surface area (Å²) in [4.78, 5) is 24.8. The van der Waals surface area contributed by atoms with Crippen LogP contribution in [0.15, 0.2) is 24.3 Å². The molecule has 0 bridgehead atoms. The van der Waals surface area contributed by atoms with Crippen molar-refractivity contribution in [1.82, 2.24) is 0 Å². The molecule has 270 valence electrons. The second kappa shape index (κ2) is 14.2. The zero-order valence-corrected chi connectivity index (χ0v) is 33.2. The number of aryl methyl sites for hydroxylation is 1. The van der Waals surface area contributed by atoms with E-state index in [9.17, 15) is 9.59 Å². The molecule has 8 atom stereocenters. The van der Waals surface area contributed by atoms with E-state index >= 15 is 0 Å². The Hall–Kier alpha value is -1.66. The minimum Gasteiger partial charge on any atom is -0.494 e. The molecule has 4 fully saturated rings. The molecule has 0 aromatic heterocycles. The number of carbonyl (C=O) groups is 2. The number of benzene rings is 1. The lowest BCUT2D eigenvalue weighted by Crippen LogP contribution is -2.58.